The van der Waals surface area contributed by atoms with Crippen molar-refractivity contribution in [3.8, 4) is 0 Å². The first kappa shape index (κ1) is 9.35. The third-order valence-corrected chi connectivity index (χ3v) is 0.915. The van der Waals surface area contributed by atoms with E-state index in [9.17, 15) is 4.79 Å². The van der Waals surface area contributed by atoms with Gasteiger partial charge in [0.1, 0.15) is 0 Å². The first-order valence-corrected chi connectivity index (χ1v) is 3.02. The Labute approximate surface area is 58.8 Å². The number of amides is 1. The van der Waals surface area contributed by atoms with Crippen LogP contribution in [0.5, 0.6) is 0 Å². The maximum atomic E-state index is 10.4. The quantitative estimate of drug-likeness (QED) is 0.268. The maximum Gasteiger partial charge on any atom is 0.276 e. The lowest BCUT2D eigenvalue weighted by molar-refractivity contribution is -0.147. The summed E-state index contributed by atoms with van der Waals surface area (Å²) in [5.74, 6) is -0.784. The molecule has 0 bridgehead atoms. The lowest BCUT2D eigenvalue weighted by atomic mass is 10.4. The fourth-order valence-corrected chi connectivity index (χ4v) is 0.405. The summed E-state index contributed by atoms with van der Waals surface area (Å²) >= 11 is 0. The Bertz CT molecular complexity index is 105. The molecule has 0 aromatic rings. The molecule has 0 heterocycles. The minimum atomic E-state index is -1.92. The highest BCUT2D eigenvalue weighted by molar-refractivity contribution is 5.78. The summed E-state index contributed by atoms with van der Waals surface area (Å²) in [5, 5.41) is 18.7. The van der Waals surface area contributed by atoms with Crippen molar-refractivity contribution >= 4 is 5.91 Å². The third kappa shape index (κ3) is 4.25. The van der Waals surface area contributed by atoms with Crippen LogP contribution in [0.3, 0.4) is 0 Å². The number of nitrogens with one attached hydrogen (secondary N) is 1. The minimum absolute atomic E-state index is 0.382. The van der Waals surface area contributed by atoms with Crippen LogP contribution in [0.2, 0.25) is 0 Å². The molecular formula is C5H12N2O3. The zero-order valence-electron chi connectivity index (χ0n) is 5.58. The SMILES string of the molecule is NCCCNC(=O)C(O)O. The number of carbonyl (C=O) groups excluding carboxylic acids is 1. The molecule has 5 N–H and O–H groups in total. The van der Waals surface area contributed by atoms with E-state index in [1.807, 2.05) is 0 Å². The molecular weight excluding hydrogens is 136 g/mol. The highest BCUT2D eigenvalue weighted by Gasteiger charge is 2.07. The van der Waals surface area contributed by atoms with Crippen LogP contribution in [0.1, 0.15) is 6.42 Å². The normalized spacial score (nSPS) is 10.0. The number of aliphatic hydroxyl groups excluding tert-OH is 1. The molecule has 5 heteroatoms. The first-order chi connectivity index (χ1) is 4.68. The van der Waals surface area contributed by atoms with Crippen LogP contribution in [0.15, 0.2) is 0 Å². The predicted octanol–water partition coefficient (Wildman–Crippen LogP) is -2.24. The van der Waals surface area contributed by atoms with E-state index in [1.165, 1.54) is 0 Å². The smallest absolute Gasteiger partial charge is 0.276 e. The summed E-state index contributed by atoms with van der Waals surface area (Å²) < 4.78 is 0. The van der Waals surface area contributed by atoms with E-state index in [4.69, 9.17) is 15.9 Å². The molecule has 0 aromatic heterocycles. The second-order valence-electron chi connectivity index (χ2n) is 1.81. The van der Waals surface area contributed by atoms with E-state index >= 15 is 0 Å². The Kier molecular flexibility index (Phi) is 4.82. The van der Waals surface area contributed by atoms with Crippen LogP contribution in [0.25, 0.3) is 0 Å². The van der Waals surface area contributed by atoms with E-state index < -0.39 is 12.2 Å². The monoisotopic (exact) mass is 148 g/mol. The number of carbonyl (C=O) groups is 1. The summed E-state index contributed by atoms with van der Waals surface area (Å²) in [4.78, 5) is 10.4. The average Bonchev–Trinajstić information content (AvgIpc) is 1.88. The van der Waals surface area contributed by atoms with Gasteiger partial charge in [0.25, 0.3) is 5.91 Å². The van der Waals surface area contributed by atoms with Gasteiger partial charge in [0, 0.05) is 6.54 Å². The van der Waals surface area contributed by atoms with Crippen molar-refractivity contribution < 1.29 is 15.0 Å². The highest BCUT2D eigenvalue weighted by atomic mass is 16.5. The molecule has 0 atom stereocenters. The van der Waals surface area contributed by atoms with E-state index in [0.717, 1.165) is 0 Å². The van der Waals surface area contributed by atoms with Gasteiger partial charge in [-0.05, 0) is 13.0 Å². The fraction of sp³-hybridized carbons (Fsp3) is 0.800. The van der Waals surface area contributed by atoms with Crippen molar-refractivity contribution in [2.45, 2.75) is 12.7 Å². The molecule has 0 fully saturated rings. The maximum absolute atomic E-state index is 10.4. The van der Waals surface area contributed by atoms with Crippen LogP contribution in [-0.4, -0.2) is 35.5 Å². The van der Waals surface area contributed by atoms with E-state index in [1.54, 1.807) is 0 Å². The van der Waals surface area contributed by atoms with Crippen LogP contribution < -0.4 is 11.1 Å². The van der Waals surface area contributed by atoms with E-state index in [-0.39, 0.29) is 0 Å². The number of hydrogen-bond donors (Lipinski definition) is 4. The summed E-state index contributed by atoms with van der Waals surface area (Å²) in [7, 11) is 0. The molecule has 0 aromatic carbocycles. The number of rotatable bonds is 4. The summed E-state index contributed by atoms with van der Waals surface area (Å²) in [6.07, 6.45) is -1.28. The molecule has 0 radical (unpaired) electrons. The van der Waals surface area contributed by atoms with Gasteiger partial charge in [0.2, 0.25) is 6.29 Å². The van der Waals surface area contributed by atoms with E-state index in [2.05, 4.69) is 5.32 Å². The molecule has 60 valence electrons. The molecule has 0 rings (SSSR count). The molecule has 5 nitrogen and oxygen atoms in total. The topological polar surface area (TPSA) is 95.6 Å². The number of hydrogen-bond acceptors (Lipinski definition) is 4. The molecule has 0 unspecified atom stereocenters. The zero-order valence-corrected chi connectivity index (χ0v) is 5.58. The minimum Gasteiger partial charge on any atom is -0.361 e. The standard InChI is InChI=1S/C5H12N2O3/c6-2-1-3-7-4(8)5(9)10/h5,9-10H,1-3,6H2,(H,7,8). The van der Waals surface area contributed by atoms with Crippen molar-refractivity contribution in [2.24, 2.45) is 5.73 Å². The molecule has 0 aliphatic carbocycles. The van der Waals surface area contributed by atoms with E-state index in [0.29, 0.717) is 19.5 Å². The molecule has 10 heavy (non-hydrogen) atoms. The Hall–Kier alpha value is -0.650. The van der Waals surface area contributed by atoms with Gasteiger partial charge < -0.3 is 21.3 Å². The van der Waals surface area contributed by atoms with Gasteiger partial charge in [0.05, 0.1) is 0 Å². The predicted molar refractivity (Wildman–Crippen MR) is 34.9 cm³/mol. The highest BCUT2D eigenvalue weighted by Crippen LogP contribution is 1.75. The Balaban J connectivity index is 3.22. The van der Waals surface area contributed by atoms with Gasteiger partial charge >= 0.3 is 0 Å². The largest absolute Gasteiger partial charge is 0.361 e. The summed E-state index contributed by atoms with van der Waals surface area (Å²) in [5.41, 5.74) is 5.11. The Morgan fingerprint density at radius 1 is 1.60 bits per heavy atom. The summed E-state index contributed by atoms with van der Waals surface area (Å²) in [6.45, 7) is 0.856. The molecule has 0 aliphatic rings. The first-order valence-electron chi connectivity index (χ1n) is 3.02. The lowest BCUT2D eigenvalue weighted by Gasteiger charge is -2.03. The molecule has 1 amide bonds. The van der Waals surface area contributed by atoms with Crippen molar-refractivity contribution in [2.75, 3.05) is 13.1 Å². The molecule has 0 aliphatic heterocycles. The van der Waals surface area contributed by atoms with Gasteiger partial charge in [-0.25, -0.2) is 0 Å². The van der Waals surface area contributed by atoms with Gasteiger partial charge in [-0.2, -0.15) is 0 Å². The second-order valence-corrected chi connectivity index (χ2v) is 1.81. The number of aliphatic hydroxyl groups is 2. The van der Waals surface area contributed by atoms with Crippen molar-refractivity contribution in [3.63, 3.8) is 0 Å². The van der Waals surface area contributed by atoms with Gasteiger partial charge in [-0.3, -0.25) is 4.79 Å². The second kappa shape index (κ2) is 5.16. The van der Waals surface area contributed by atoms with Gasteiger partial charge in [0.15, 0.2) is 0 Å². The van der Waals surface area contributed by atoms with Crippen molar-refractivity contribution in [1.82, 2.24) is 5.32 Å². The fourth-order valence-electron chi connectivity index (χ4n) is 0.405. The van der Waals surface area contributed by atoms with Crippen LogP contribution in [0, 0.1) is 0 Å². The molecule has 0 saturated carbocycles. The van der Waals surface area contributed by atoms with Crippen LogP contribution in [-0.2, 0) is 4.79 Å². The molecule has 0 spiro atoms. The zero-order chi connectivity index (χ0) is 7.98. The Morgan fingerprint density at radius 2 is 2.20 bits per heavy atom. The van der Waals surface area contributed by atoms with Crippen molar-refractivity contribution in [3.05, 3.63) is 0 Å². The van der Waals surface area contributed by atoms with Crippen molar-refractivity contribution in [1.29, 1.82) is 0 Å². The summed E-state index contributed by atoms with van der Waals surface area (Å²) in [6, 6.07) is 0. The lowest BCUT2D eigenvalue weighted by Crippen LogP contribution is -2.35. The third-order valence-electron chi connectivity index (χ3n) is 0.915. The van der Waals surface area contributed by atoms with Gasteiger partial charge in [-0.1, -0.05) is 0 Å². The average molecular weight is 148 g/mol. The Morgan fingerprint density at radius 3 is 2.60 bits per heavy atom. The molecule has 0 saturated heterocycles. The van der Waals surface area contributed by atoms with Gasteiger partial charge in [-0.15, -0.1) is 0 Å². The van der Waals surface area contributed by atoms with Crippen LogP contribution in [0.4, 0.5) is 0 Å². The number of nitrogens with two attached hydrogens (primary N) is 1. The van der Waals surface area contributed by atoms with Crippen LogP contribution >= 0.6 is 0 Å².